The number of piperidine rings is 1. The lowest BCUT2D eigenvalue weighted by Gasteiger charge is -2.33. The minimum absolute atomic E-state index is 0.0361. The molecule has 2 saturated heterocycles. The maximum atomic E-state index is 6.25. The first-order chi connectivity index (χ1) is 11.1. The van der Waals surface area contributed by atoms with Crippen LogP contribution in [0.1, 0.15) is 47.6 Å². The van der Waals surface area contributed by atoms with Crippen molar-refractivity contribution in [3.63, 3.8) is 0 Å². The average Bonchev–Trinajstić information content (AvgIpc) is 3.21. The molecule has 0 radical (unpaired) electrons. The lowest BCUT2D eigenvalue weighted by atomic mass is 9.91. The molecule has 2 aromatic rings. The van der Waals surface area contributed by atoms with E-state index < -0.39 is 0 Å². The predicted molar refractivity (Wildman–Crippen MR) is 82.7 cm³/mol. The Morgan fingerprint density at radius 3 is 2.87 bits per heavy atom. The van der Waals surface area contributed by atoms with Gasteiger partial charge in [-0.3, -0.25) is 10.00 Å². The van der Waals surface area contributed by atoms with Crippen LogP contribution in [0.25, 0.3) is 0 Å². The molecule has 0 saturated carbocycles. The summed E-state index contributed by atoms with van der Waals surface area (Å²) in [5, 5.41) is 11.2. The highest BCUT2D eigenvalue weighted by Gasteiger charge is 2.41. The summed E-state index contributed by atoms with van der Waals surface area (Å²) in [6.45, 7) is 8.84. The predicted octanol–water partition coefficient (Wildman–Crippen LogP) is 2.07. The van der Waals surface area contributed by atoms with Crippen LogP contribution in [0.15, 0.2) is 4.52 Å². The third-order valence-electron chi connectivity index (χ3n) is 5.10. The number of likely N-dealkylation sites (tertiary alicyclic amines) is 1. The van der Waals surface area contributed by atoms with E-state index in [2.05, 4.69) is 25.2 Å². The van der Waals surface area contributed by atoms with E-state index in [0.29, 0.717) is 5.92 Å². The Hall–Kier alpha value is -1.73. The van der Waals surface area contributed by atoms with E-state index in [0.717, 1.165) is 55.6 Å². The third-order valence-corrected chi connectivity index (χ3v) is 5.10. The van der Waals surface area contributed by atoms with Crippen molar-refractivity contribution >= 4 is 0 Å². The van der Waals surface area contributed by atoms with Crippen LogP contribution in [0, 0.1) is 26.7 Å². The maximum Gasteiger partial charge on any atom is 0.179 e. The van der Waals surface area contributed by atoms with Gasteiger partial charge in [-0.2, -0.15) is 5.10 Å². The fourth-order valence-corrected chi connectivity index (χ4v) is 3.76. The molecule has 0 aliphatic carbocycles. The summed E-state index contributed by atoms with van der Waals surface area (Å²) in [6.07, 6.45) is 2.50. The smallest absolute Gasteiger partial charge is 0.179 e. The second-order valence-corrected chi connectivity index (χ2v) is 6.76. The highest BCUT2D eigenvalue weighted by Crippen LogP contribution is 2.40. The summed E-state index contributed by atoms with van der Waals surface area (Å²) >= 11 is 0. The highest BCUT2D eigenvalue weighted by atomic mass is 16.5. The van der Waals surface area contributed by atoms with Crippen LogP contribution in [-0.4, -0.2) is 44.4 Å². The van der Waals surface area contributed by atoms with Gasteiger partial charge in [-0.05, 0) is 46.1 Å². The molecule has 2 aromatic heterocycles. The zero-order chi connectivity index (χ0) is 16.0. The van der Waals surface area contributed by atoms with Gasteiger partial charge in [0, 0.05) is 18.7 Å². The number of aromatic amines is 1. The van der Waals surface area contributed by atoms with Gasteiger partial charge in [0.2, 0.25) is 0 Å². The van der Waals surface area contributed by atoms with Crippen molar-refractivity contribution in [2.45, 2.75) is 52.4 Å². The Morgan fingerprint density at radius 1 is 1.30 bits per heavy atom. The van der Waals surface area contributed by atoms with Crippen molar-refractivity contribution in [1.82, 2.24) is 25.2 Å². The minimum atomic E-state index is 0.0361. The fraction of sp³-hybridized carbons (Fsp3) is 0.688. The number of aryl methyl sites for hydroxylation is 3. The number of H-pyrrole nitrogens is 1. The Kier molecular flexibility index (Phi) is 3.69. The molecule has 3 atom stereocenters. The molecule has 4 rings (SSSR count). The summed E-state index contributed by atoms with van der Waals surface area (Å²) in [7, 11) is 0. The first kappa shape index (κ1) is 14.8. The quantitative estimate of drug-likeness (QED) is 0.933. The SMILES string of the molecule is Cc1nc([C@H]2C[C@@H]3CCN(Cc4c(C)noc4C)C[C@@H]3O2)n[nH]1. The normalized spacial score (nSPS) is 28.2. The molecule has 0 bridgehead atoms. The molecule has 2 fully saturated rings. The zero-order valence-electron chi connectivity index (χ0n) is 13.9. The molecule has 2 aliphatic heterocycles. The lowest BCUT2D eigenvalue weighted by Crippen LogP contribution is -2.41. The Bertz CT molecular complexity index is 675. The number of fused-ring (bicyclic) bond motifs is 1. The molecule has 124 valence electrons. The molecule has 2 aliphatic rings. The van der Waals surface area contributed by atoms with Gasteiger partial charge in [0.15, 0.2) is 5.82 Å². The van der Waals surface area contributed by atoms with Crippen molar-refractivity contribution in [3.05, 3.63) is 28.7 Å². The minimum Gasteiger partial charge on any atom is -0.365 e. The van der Waals surface area contributed by atoms with E-state index in [1.807, 2.05) is 20.8 Å². The molecule has 0 aromatic carbocycles. The molecule has 7 nitrogen and oxygen atoms in total. The van der Waals surface area contributed by atoms with Gasteiger partial charge >= 0.3 is 0 Å². The monoisotopic (exact) mass is 317 g/mol. The second-order valence-electron chi connectivity index (χ2n) is 6.76. The molecule has 1 N–H and O–H groups in total. The molecule has 0 spiro atoms. The fourth-order valence-electron chi connectivity index (χ4n) is 3.76. The number of nitrogens with zero attached hydrogens (tertiary/aromatic N) is 4. The van der Waals surface area contributed by atoms with Crippen LogP contribution in [0.5, 0.6) is 0 Å². The average molecular weight is 317 g/mol. The Labute approximate surface area is 135 Å². The summed E-state index contributed by atoms with van der Waals surface area (Å²) in [6, 6.07) is 0. The molecular formula is C16H23N5O2. The first-order valence-electron chi connectivity index (χ1n) is 8.28. The number of hydrogen-bond donors (Lipinski definition) is 1. The molecule has 0 amide bonds. The van der Waals surface area contributed by atoms with Crippen molar-refractivity contribution < 1.29 is 9.26 Å². The summed E-state index contributed by atoms with van der Waals surface area (Å²) in [5.41, 5.74) is 2.20. The largest absolute Gasteiger partial charge is 0.365 e. The first-order valence-corrected chi connectivity index (χ1v) is 8.28. The Balaban J connectivity index is 1.41. The van der Waals surface area contributed by atoms with Crippen molar-refractivity contribution in [1.29, 1.82) is 0 Å². The van der Waals surface area contributed by atoms with E-state index >= 15 is 0 Å². The summed E-state index contributed by atoms with van der Waals surface area (Å²) in [4.78, 5) is 6.87. The van der Waals surface area contributed by atoms with Crippen LogP contribution in [-0.2, 0) is 11.3 Å². The molecule has 0 unspecified atom stereocenters. The Morgan fingerprint density at radius 2 is 2.17 bits per heavy atom. The number of aromatic nitrogens is 4. The number of ether oxygens (including phenoxy) is 1. The number of rotatable bonds is 3. The zero-order valence-corrected chi connectivity index (χ0v) is 13.9. The van der Waals surface area contributed by atoms with Gasteiger partial charge in [-0.25, -0.2) is 4.98 Å². The van der Waals surface area contributed by atoms with Gasteiger partial charge in [0.05, 0.1) is 11.8 Å². The van der Waals surface area contributed by atoms with Crippen molar-refractivity contribution in [3.8, 4) is 0 Å². The topological polar surface area (TPSA) is 80.1 Å². The van der Waals surface area contributed by atoms with Crippen LogP contribution in [0.3, 0.4) is 0 Å². The molecular weight excluding hydrogens is 294 g/mol. The van der Waals surface area contributed by atoms with Gasteiger partial charge in [-0.1, -0.05) is 5.16 Å². The van der Waals surface area contributed by atoms with Gasteiger partial charge in [0.1, 0.15) is 17.7 Å². The van der Waals surface area contributed by atoms with E-state index in [-0.39, 0.29) is 12.2 Å². The molecule has 7 heteroatoms. The van der Waals surface area contributed by atoms with Crippen LogP contribution in [0.4, 0.5) is 0 Å². The maximum absolute atomic E-state index is 6.25. The third kappa shape index (κ3) is 2.79. The van der Waals surface area contributed by atoms with Gasteiger partial charge in [-0.15, -0.1) is 0 Å². The lowest BCUT2D eigenvalue weighted by molar-refractivity contribution is -0.0120. The molecule has 4 heterocycles. The van der Waals surface area contributed by atoms with E-state index in [9.17, 15) is 0 Å². The van der Waals surface area contributed by atoms with Crippen LogP contribution < -0.4 is 0 Å². The summed E-state index contributed by atoms with van der Waals surface area (Å²) in [5.74, 6) is 3.18. The highest BCUT2D eigenvalue weighted by molar-refractivity contribution is 5.20. The number of nitrogens with one attached hydrogen (secondary N) is 1. The van der Waals surface area contributed by atoms with E-state index in [1.165, 1.54) is 5.56 Å². The molecule has 23 heavy (non-hydrogen) atoms. The van der Waals surface area contributed by atoms with Crippen LogP contribution in [0.2, 0.25) is 0 Å². The van der Waals surface area contributed by atoms with E-state index in [1.54, 1.807) is 0 Å². The number of hydrogen-bond acceptors (Lipinski definition) is 6. The van der Waals surface area contributed by atoms with Gasteiger partial charge in [0.25, 0.3) is 0 Å². The van der Waals surface area contributed by atoms with Gasteiger partial charge < -0.3 is 9.26 Å². The van der Waals surface area contributed by atoms with Crippen LogP contribution >= 0.6 is 0 Å². The van der Waals surface area contributed by atoms with Crippen molar-refractivity contribution in [2.24, 2.45) is 5.92 Å². The van der Waals surface area contributed by atoms with E-state index in [4.69, 9.17) is 9.26 Å². The summed E-state index contributed by atoms with van der Waals surface area (Å²) < 4.78 is 11.5. The second kappa shape index (κ2) is 5.72. The standard InChI is InChI=1S/C16H23N5O2/c1-9-13(10(2)23-20-9)7-21-5-4-12-6-14(22-15(12)8-21)16-17-11(3)18-19-16/h12,14-15H,4-8H2,1-3H3,(H,17,18,19)/t12-,14+,15-/m0/s1. The van der Waals surface area contributed by atoms with Crippen molar-refractivity contribution in [2.75, 3.05) is 13.1 Å².